The van der Waals surface area contributed by atoms with Gasteiger partial charge in [0.1, 0.15) is 17.8 Å². The molecule has 3 aromatic rings. The fourth-order valence-electron chi connectivity index (χ4n) is 2.91. The fraction of sp³-hybridized carbons (Fsp3) is 0.227. The van der Waals surface area contributed by atoms with Crippen molar-refractivity contribution in [1.82, 2.24) is 9.97 Å². The van der Waals surface area contributed by atoms with Crippen LogP contribution in [-0.2, 0) is 19.1 Å². The highest BCUT2D eigenvalue weighted by molar-refractivity contribution is 6.03. The number of alkyl halides is 3. The Morgan fingerprint density at radius 1 is 1.03 bits per heavy atom. The molecule has 162 valence electrons. The van der Waals surface area contributed by atoms with Gasteiger partial charge in [-0.1, -0.05) is 24.3 Å². The lowest BCUT2D eigenvalue weighted by Gasteiger charge is -2.19. The number of halogens is 3. The lowest BCUT2D eigenvalue weighted by Crippen LogP contribution is -2.20. The number of hydrogen-bond donors (Lipinski definition) is 2. The van der Waals surface area contributed by atoms with Crippen LogP contribution in [0.2, 0.25) is 0 Å². The molecule has 0 spiro atoms. The van der Waals surface area contributed by atoms with Gasteiger partial charge in [0, 0.05) is 32.0 Å². The number of carbonyl (C=O) groups excluding carboxylic acids is 1. The summed E-state index contributed by atoms with van der Waals surface area (Å²) in [4.78, 5) is 22.4. The van der Waals surface area contributed by atoms with Crippen LogP contribution in [0, 0.1) is 0 Å². The van der Waals surface area contributed by atoms with Crippen molar-refractivity contribution in [2.24, 2.45) is 0 Å². The molecule has 31 heavy (non-hydrogen) atoms. The molecule has 0 fully saturated rings. The molecule has 0 aliphatic heterocycles. The lowest BCUT2D eigenvalue weighted by molar-refractivity contribution is -0.137. The van der Waals surface area contributed by atoms with E-state index in [1.165, 1.54) is 24.5 Å². The SMILES string of the molecule is CN(Cc1ccc(C(F)(F)F)cc1)c1cc(C(=O)Nc2ccc(CCO)cc2)ncn1. The van der Waals surface area contributed by atoms with Gasteiger partial charge < -0.3 is 15.3 Å². The minimum Gasteiger partial charge on any atom is -0.396 e. The number of anilines is 2. The van der Waals surface area contributed by atoms with Gasteiger partial charge >= 0.3 is 6.18 Å². The molecule has 0 radical (unpaired) electrons. The minimum absolute atomic E-state index is 0.0510. The molecular weight excluding hydrogens is 409 g/mol. The average Bonchev–Trinajstić information content (AvgIpc) is 2.75. The second-order valence-corrected chi connectivity index (χ2v) is 6.94. The van der Waals surface area contributed by atoms with Crippen LogP contribution < -0.4 is 10.2 Å². The zero-order valence-corrected chi connectivity index (χ0v) is 16.7. The van der Waals surface area contributed by atoms with Crippen molar-refractivity contribution in [3.8, 4) is 0 Å². The van der Waals surface area contributed by atoms with E-state index in [2.05, 4.69) is 15.3 Å². The molecule has 1 amide bonds. The van der Waals surface area contributed by atoms with Gasteiger partial charge in [0.2, 0.25) is 0 Å². The van der Waals surface area contributed by atoms with Crippen LogP contribution in [0.1, 0.15) is 27.2 Å². The maximum absolute atomic E-state index is 12.7. The molecule has 2 N–H and O–H groups in total. The van der Waals surface area contributed by atoms with Crippen molar-refractivity contribution >= 4 is 17.4 Å². The van der Waals surface area contributed by atoms with Gasteiger partial charge in [-0.3, -0.25) is 4.79 Å². The van der Waals surface area contributed by atoms with Gasteiger partial charge in [0.05, 0.1) is 5.56 Å². The highest BCUT2D eigenvalue weighted by Crippen LogP contribution is 2.29. The second-order valence-electron chi connectivity index (χ2n) is 6.94. The third-order valence-electron chi connectivity index (χ3n) is 4.59. The number of amides is 1. The number of aliphatic hydroxyl groups is 1. The second kappa shape index (κ2) is 9.57. The molecule has 3 rings (SSSR count). The van der Waals surface area contributed by atoms with Crippen molar-refractivity contribution < 1.29 is 23.1 Å². The summed E-state index contributed by atoms with van der Waals surface area (Å²) in [7, 11) is 1.72. The first kappa shape index (κ1) is 22.2. The van der Waals surface area contributed by atoms with Crippen molar-refractivity contribution in [3.05, 3.63) is 83.3 Å². The van der Waals surface area contributed by atoms with Crippen LogP contribution in [0.15, 0.2) is 60.9 Å². The van der Waals surface area contributed by atoms with E-state index in [0.717, 1.165) is 17.7 Å². The van der Waals surface area contributed by atoms with Crippen molar-refractivity contribution in [1.29, 1.82) is 0 Å². The van der Waals surface area contributed by atoms with E-state index in [4.69, 9.17) is 5.11 Å². The molecule has 1 aromatic heterocycles. The number of rotatable bonds is 7. The zero-order valence-electron chi connectivity index (χ0n) is 16.7. The Hall–Kier alpha value is -3.46. The molecule has 6 nitrogen and oxygen atoms in total. The third kappa shape index (κ3) is 6.02. The first-order chi connectivity index (χ1) is 14.8. The summed E-state index contributed by atoms with van der Waals surface area (Å²) in [6.45, 7) is 0.359. The molecule has 2 aromatic carbocycles. The number of nitrogens with zero attached hydrogens (tertiary/aromatic N) is 3. The number of carbonyl (C=O) groups is 1. The average molecular weight is 430 g/mol. The van der Waals surface area contributed by atoms with Crippen molar-refractivity contribution in [3.63, 3.8) is 0 Å². The maximum atomic E-state index is 12.7. The third-order valence-corrected chi connectivity index (χ3v) is 4.59. The molecule has 0 unspecified atom stereocenters. The van der Waals surface area contributed by atoms with Crippen LogP contribution in [-0.4, -0.2) is 34.6 Å². The summed E-state index contributed by atoms with van der Waals surface area (Å²) in [5.74, 6) is 0.0415. The molecule has 0 bridgehead atoms. The summed E-state index contributed by atoms with van der Waals surface area (Å²) in [5.41, 5.74) is 1.66. The number of hydrogen-bond acceptors (Lipinski definition) is 5. The summed E-state index contributed by atoms with van der Waals surface area (Å²) >= 11 is 0. The standard InChI is InChI=1S/C22H21F3N4O2/c1-29(13-16-2-6-17(7-3-16)22(23,24)25)20-12-19(26-14-27-20)21(31)28-18-8-4-15(5-9-18)10-11-30/h2-9,12,14,30H,10-11,13H2,1H3,(H,28,31). The Morgan fingerprint density at radius 3 is 2.29 bits per heavy atom. The first-order valence-corrected chi connectivity index (χ1v) is 9.47. The van der Waals surface area contributed by atoms with Gasteiger partial charge in [0.15, 0.2) is 0 Å². The van der Waals surface area contributed by atoms with Gasteiger partial charge in [0.25, 0.3) is 5.91 Å². The van der Waals surface area contributed by atoms with Gasteiger partial charge in [-0.05, 0) is 41.8 Å². The van der Waals surface area contributed by atoms with Crippen LogP contribution in [0.3, 0.4) is 0 Å². The quantitative estimate of drug-likeness (QED) is 0.594. The van der Waals surface area contributed by atoms with Gasteiger partial charge in [-0.2, -0.15) is 13.2 Å². The molecule has 0 saturated carbocycles. The van der Waals surface area contributed by atoms with Gasteiger partial charge in [-0.25, -0.2) is 9.97 Å². The normalized spacial score (nSPS) is 11.3. The summed E-state index contributed by atoms with van der Waals surface area (Å²) in [6.07, 6.45) is -2.58. The number of aliphatic hydroxyl groups excluding tert-OH is 1. The Kier molecular flexibility index (Phi) is 6.86. The summed E-state index contributed by atoms with van der Waals surface area (Å²) in [6, 6.07) is 13.5. The molecule has 0 atom stereocenters. The van der Waals surface area contributed by atoms with Crippen LogP contribution in [0.4, 0.5) is 24.7 Å². The smallest absolute Gasteiger partial charge is 0.396 e. The Balaban J connectivity index is 1.66. The van der Waals surface area contributed by atoms with Crippen LogP contribution in [0.25, 0.3) is 0 Å². The zero-order chi connectivity index (χ0) is 22.4. The van der Waals surface area contributed by atoms with E-state index in [-0.39, 0.29) is 12.3 Å². The molecular formula is C22H21F3N4O2. The highest BCUT2D eigenvalue weighted by Gasteiger charge is 2.29. The van der Waals surface area contributed by atoms with Crippen molar-refractivity contribution in [2.75, 3.05) is 23.9 Å². The van der Waals surface area contributed by atoms with E-state index in [1.54, 1.807) is 24.1 Å². The Morgan fingerprint density at radius 2 is 1.68 bits per heavy atom. The predicted octanol–water partition coefficient (Wildman–Crippen LogP) is 3.92. The Labute approximate surface area is 177 Å². The first-order valence-electron chi connectivity index (χ1n) is 9.47. The minimum atomic E-state index is -4.38. The molecule has 9 heteroatoms. The van der Waals surface area contributed by atoms with E-state index in [0.29, 0.717) is 30.0 Å². The van der Waals surface area contributed by atoms with E-state index >= 15 is 0 Å². The summed E-state index contributed by atoms with van der Waals surface area (Å²) < 4.78 is 38.1. The topological polar surface area (TPSA) is 78.4 Å². The largest absolute Gasteiger partial charge is 0.416 e. The van der Waals surface area contributed by atoms with Gasteiger partial charge in [-0.15, -0.1) is 0 Å². The fourth-order valence-corrected chi connectivity index (χ4v) is 2.91. The molecule has 0 saturated heterocycles. The highest BCUT2D eigenvalue weighted by atomic mass is 19.4. The lowest BCUT2D eigenvalue weighted by atomic mass is 10.1. The Bertz CT molecular complexity index is 1020. The van der Waals surface area contributed by atoms with E-state index < -0.39 is 17.6 Å². The number of aromatic nitrogens is 2. The van der Waals surface area contributed by atoms with Crippen LogP contribution in [0.5, 0.6) is 0 Å². The van der Waals surface area contributed by atoms with Crippen molar-refractivity contribution in [2.45, 2.75) is 19.1 Å². The van der Waals surface area contributed by atoms with E-state index in [9.17, 15) is 18.0 Å². The van der Waals surface area contributed by atoms with Crippen LogP contribution >= 0.6 is 0 Å². The molecule has 1 heterocycles. The number of benzene rings is 2. The summed E-state index contributed by atoms with van der Waals surface area (Å²) in [5, 5.41) is 11.7. The predicted molar refractivity (Wildman–Crippen MR) is 111 cm³/mol. The molecule has 0 aliphatic carbocycles. The molecule has 0 aliphatic rings. The monoisotopic (exact) mass is 430 g/mol. The van der Waals surface area contributed by atoms with E-state index in [1.807, 2.05) is 12.1 Å². The number of nitrogens with one attached hydrogen (secondary N) is 1. The maximum Gasteiger partial charge on any atom is 0.416 e.